The fourth-order valence-electron chi connectivity index (χ4n) is 2.56. The lowest BCUT2D eigenvalue weighted by Crippen LogP contribution is -2.34. The zero-order chi connectivity index (χ0) is 19.1. The molecule has 140 valence electrons. The van der Waals surface area contributed by atoms with E-state index < -0.39 is 0 Å². The summed E-state index contributed by atoms with van der Waals surface area (Å²) in [4.78, 5) is 15.6. The van der Waals surface area contributed by atoms with Gasteiger partial charge < -0.3 is 14.4 Å². The van der Waals surface area contributed by atoms with E-state index in [4.69, 9.17) is 21.1 Å². The first-order valence-electron chi connectivity index (χ1n) is 8.36. The largest absolute Gasteiger partial charge is 0.493 e. The Morgan fingerprint density at radius 1 is 1.12 bits per heavy atom. The second-order valence-electron chi connectivity index (χ2n) is 5.85. The molecule has 0 aromatic heterocycles. The van der Waals surface area contributed by atoms with Crippen LogP contribution in [0.5, 0.6) is 11.5 Å². The maximum atomic E-state index is 12.9. The monoisotopic (exact) mass is 393 g/mol. The minimum absolute atomic E-state index is 0.0993. The molecule has 0 N–H and O–H groups in total. The maximum absolute atomic E-state index is 12.9. The van der Waals surface area contributed by atoms with Gasteiger partial charge in [0.05, 0.1) is 19.5 Å². The van der Waals surface area contributed by atoms with Crippen molar-refractivity contribution in [3.63, 3.8) is 0 Å². The van der Waals surface area contributed by atoms with Crippen LogP contribution in [0.4, 0.5) is 0 Å². The number of hydrogen-bond donors (Lipinski definition) is 0. The zero-order valence-electron chi connectivity index (χ0n) is 15.5. The summed E-state index contributed by atoms with van der Waals surface area (Å²) in [6, 6.07) is 13.3. The topological polar surface area (TPSA) is 38.8 Å². The van der Waals surface area contributed by atoms with Gasteiger partial charge in [0.15, 0.2) is 11.5 Å². The minimum Gasteiger partial charge on any atom is -0.493 e. The Morgan fingerprint density at radius 2 is 1.77 bits per heavy atom. The molecule has 0 aliphatic carbocycles. The van der Waals surface area contributed by atoms with E-state index in [0.29, 0.717) is 23.1 Å². The van der Waals surface area contributed by atoms with Crippen LogP contribution < -0.4 is 9.47 Å². The van der Waals surface area contributed by atoms with Gasteiger partial charge in [-0.25, -0.2) is 0 Å². The highest BCUT2D eigenvalue weighted by atomic mass is 35.5. The van der Waals surface area contributed by atoms with Crippen LogP contribution in [-0.4, -0.2) is 37.3 Å². The van der Waals surface area contributed by atoms with Gasteiger partial charge in [0.25, 0.3) is 0 Å². The minimum atomic E-state index is -0.138. The molecule has 2 aromatic carbocycles. The van der Waals surface area contributed by atoms with Crippen molar-refractivity contribution < 1.29 is 14.3 Å². The average molecular weight is 394 g/mol. The van der Waals surface area contributed by atoms with Gasteiger partial charge in [0.2, 0.25) is 5.91 Å². The highest BCUT2D eigenvalue weighted by molar-refractivity contribution is 8.00. The van der Waals surface area contributed by atoms with Crippen LogP contribution in [0.3, 0.4) is 0 Å². The van der Waals surface area contributed by atoms with Crippen molar-refractivity contribution in [3.8, 4) is 11.5 Å². The number of benzene rings is 2. The summed E-state index contributed by atoms with van der Waals surface area (Å²) in [7, 11) is 5.03. The second kappa shape index (κ2) is 9.74. The van der Waals surface area contributed by atoms with Gasteiger partial charge in [-0.15, -0.1) is 11.8 Å². The summed E-state index contributed by atoms with van der Waals surface area (Å²) < 4.78 is 10.6. The molecule has 6 heteroatoms. The molecule has 2 aromatic rings. The first-order valence-corrected chi connectivity index (χ1v) is 9.62. The lowest BCUT2D eigenvalue weighted by Gasteiger charge is -2.23. The molecule has 0 heterocycles. The molecule has 1 atom stereocenters. The molecule has 0 aliphatic rings. The first-order chi connectivity index (χ1) is 12.5. The van der Waals surface area contributed by atoms with E-state index in [0.717, 1.165) is 16.9 Å². The van der Waals surface area contributed by atoms with Crippen LogP contribution in [-0.2, 0) is 11.3 Å². The van der Waals surface area contributed by atoms with Crippen LogP contribution >= 0.6 is 23.4 Å². The fraction of sp³-hybridized carbons (Fsp3) is 0.350. The van der Waals surface area contributed by atoms with E-state index in [-0.39, 0.29) is 11.2 Å². The molecule has 0 radical (unpaired) electrons. The fourth-order valence-corrected chi connectivity index (χ4v) is 3.76. The van der Waals surface area contributed by atoms with Gasteiger partial charge in [-0.05, 0) is 48.4 Å². The molecule has 2 rings (SSSR count). The zero-order valence-corrected chi connectivity index (χ0v) is 17.1. The van der Waals surface area contributed by atoms with E-state index in [1.807, 2.05) is 56.4 Å². The van der Waals surface area contributed by atoms with Gasteiger partial charge in [-0.3, -0.25) is 4.79 Å². The number of methoxy groups -OCH3 is 2. The molecule has 0 fully saturated rings. The quantitative estimate of drug-likeness (QED) is 0.599. The smallest absolute Gasteiger partial charge is 0.236 e. The molecule has 4 nitrogen and oxygen atoms in total. The molecular weight excluding hydrogens is 370 g/mol. The van der Waals surface area contributed by atoms with Crippen LogP contribution in [0.1, 0.15) is 18.9 Å². The lowest BCUT2D eigenvalue weighted by molar-refractivity contribution is -0.129. The summed E-state index contributed by atoms with van der Waals surface area (Å²) in [5.41, 5.74) is 0.991. The molecule has 0 saturated heterocycles. The van der Waals surface area contributed by atoms with Crippen molar-refractivity contribution in [1.82, 2.24) is 4.90 Å². The van der Waals surface area contributed by atoms with Crippen LogP contribution in [0.15, 0.2) is 47.4 Å². The Hall–Kier alpha value is -1.85. The third kappa shape index (κ3) is 5.32. The SMILES string of the molecule is CCC(Sc1ccc(Cl)cc1)C(=O)N(C)Cc1ccc(OC)c(OC)c1. The Labute approximate surface area is 164 Å². The Kier molecular flexibility index (Phi) is 7.66. The van der Waals surface area contributed by atoms with Crippen LogP contribution in [0, 0.1) is 0 Å². The lowest BCUT2D eigenvalue weighted by atomic mass is 10.2. The molecule has 0 saturated carbocycles. The number of nitrogens with zero attached hydrogens (tertiary/aromatic N) is 1. The van der Waals surface area contributed by atoms with Crippen molar-refractivity contribution >= 4 is 29.3 Å². The van der Waals surface area contributed by atoms with E-state index in [1.165, 1.54) is 0 Å². The summed E-state index contributed by atoms with van der Waals surface area (Å²) in [5, 5.41) is 0.556. The highest BCUT2D eigenvalue weighted by Crippen LogP contribution is 2.30. The summed E-state index contributed by atoms with van der Waals surface area (Å²) >= 11 is 7.49. The number of hydrogen-bond acceptors (Lipinski definition) is 4. The number of amides is 1. The van der Waals surface area contributed by atoms with Crippen LogP contribution in [0.2, 0.25) is 5.02 Å². The summed E-state index contributed by atoms with van der Waals surface area (Å²) in [6.45, 7) is 2.53. The standard InChI is InChI=1S/C20H24ClNO3S/c1-5-19(26-16-9-7-15(21)8-10-16)20(23)22(2)13-14-6-11-17(24-3)18(12-14)25-4/h6-12,19H,5,13H2,1-4H3. The molecule has 1 amide bonds. The third-order valence-electron chi connectivity index (χ3n) is 3.98. The molecule has 0 spiro atoms. The summed E-state index contributed by atoms with van der Waals surface area (Å²) in [6.07, 6.45) is 0.752. The van der Waals surface area contributed by atoms with Crippen molar-refractivity contribution in [2.24, 2.45) is 0 Å². The van der Waals surface area contributed by atoms with E-state index in [2.05, 4.69) is 0 Å². The molecule has 26 heavy (non-hydrogen) atoms. The second-order valence-corrected chi connectivity index (χ2v) is 7.56. The first kappa shape index (κ1) is 20.5. The number of thioether (sulfide) groups is 1. The number of carbonyl (C=O) groups is 1. The molecule has 0 bridgehead atoms. The number of halogens is 1. The van der Waals surface area contributed by atoms with Crippen molar-refractivity contribution in [2.75, 3.05) is 21.3 Å². The van der Waals surface area contributed by atoms with Crippen molar-refractivity contribution in [2.45, 2.75) is 30.0 Å². The third-order valence-corrected chi connectivity index (χ3v) is 5.60. The Bertz CT molecular complexity index is 736. The van der Waals surface area contributed by atoms with Crippen molar-refractivity contribution in [3.05, 3.63) is 53.1 Å². The maximum Gasteiger partial charge on any atom is 0.236 e. The number of rotatable bonds is 8. The van der Waals surface area contributed by atoms with E-state index >= 15 is 0 Å². The van der Waals surface area contributed by atoms with Gasteiger partial charge in [0.1, 0.15) is 0 Å². The van der Waals surface area contributed by atoms with E-state index in [1.54, 1.807) is 30.9 Å². The van der Waals surface area contributed by atoms with Gasteiger partial charge in [-0.1, -0.05) is 24.6 Å². The van der Waals surface area contributed by atoms with Crippen molar-refractivity contribution in [1.29, 1.82) is 0 Å². The number of ether oxygens (including phenoxy) is 2. The molecule has 1 unspecified atom stereocenters. The van der Waals surface area contributed by atoms with Crippen LogP contribution in [0.25, 0.3) is 0 Å². The Balaban J connectivity index is 2.05. The predicted molar refractivity (Wildman–Crippen MR) is 107 cm³/mol. The van der Waals surface area contributed by atoms with Gasteiger partial charge >= 0.3 is 0 Å². The number of carbonyl (C=O) groups excluding carboxylic acids is 1. The Morgan fingerprint density at radius 3 is 2.35 bits per heavy atom. The highest BCUT2D eigenvalue weighted by Gasteiger charge is 2.22. The van der Waals surface area contributed by atoms with Gasteiger partial charge in [-0.2, -0.15) is 0 Å². The average Bonchev–Trinajstić information content (AvgIpc) is 2.66. The predicted octanol–water partition coefficient (Wildman–Crippen LogP) is 4.89. The normalized spacial score (nSPS) is 11.7. The van der Waals surface area contributed by atoms with E-state index in [9.17, 15) is 4.79 Å². The summed E-state index contributed by atoms with van der Waals surface area (Å²) in [5.74, 6) is 1.44. The molecule has 0 aliphatic heterocycles. The molecular formula is C20H24ClNO3S. The van der Waals surface area contributed by atoms with Gasteiger partial charge in [0, 0.05) is 23.5 Å².